The topological polar surface area (TPSA) is 57.5 Å². The highest BCUT2D eigenvalue weighted by atomic mass is 16.4. The Kier molecular flexibility index (Phi) is 10.4. The van der Waals surface area contributed by atoms with Gasteiger partial charge in [-0.25, -0.2) is 4.79 Å². The van der Waals surface area contributed by atoms with E-state index >= 15 is 0 Å². The van der Waals surface area contributed by atoms with Crippen LogP contribution in [0.2, 0.25) is 0 Å². The van der Waals surface area contributed by atoms with E-state index in [1.165, 1.54) is 44.6 Å². The van der Waals surface area contributed by atoms with Gasteiger partial charge in [-0.3, -0.25) is 0 Å². The van der Waals surface area contributed by atoms with Crippen molar-refractivity contribution in [2.45, 2.75) is 58.3 Å². The summed E-state index contributed by atoms with van der Waals surface area (Å²) < 4.78 is 0. The highest BCUT2D eigenvalue weighted by Crippen LogP contribution is 2.08. The minimum atomic E-state index is -1.12. The number of allylic oxidation sites excluding steroid dienone is 2. The minimum absolute atomic E-state index is 0.194. The molecule has 3 heteroatoms. The van der Waals surface area contributed by atoms with Crippen LogP contribution in [0.1, 0.15) is 58.3 Å². The number of unbranched alkanes of at least 4 members (excludes halogenated alkanes) is 7. The fourth-order valence-electron chi connectivity index (χ4n) is 1.60. The highest BCUT2D eigenvalue weighted by Gasteiger charge is 1.92. The third-order valence-electron chi connectivity index (χ3n) is 2.53. The summed E-state index contributed by atoms with van der Waals surface area (Å²) in [7, 11) is 0. The van der Waals surface area contributed by atoms with Gasteiger partial charge in [0.25, 0.3) is 0 Å². The van der Waals surface area contributed by atoms with E-state index in [1.807, 2.05) is 6.08 Å². The van der Waals surface area contributed by atoms with E-state index in [-0.39, 0.29) is 5.76 Å². The lowest BCUT2D eigenvalue weighted by atomic mass is 10.1. The van der Waals surface area contributed by atoms with E-state index in [2.05, 4.69) is 6.92 Å². The second-order valence-electron chi connectivity index (χ2n) is 4.22. The molecule has 17 heavy (non-hydrogen) atoms. The predicted octanol–water partition coefficient (Wildman–Crippen LogP) is 4.21. The Balaban J connectivity index is 3.39. The average molecular weight is 240 g/mol. The molecular weight excluding hydrogens is 216 g/mol. The summed E-state index contributed by atoms with van der Waals surface area (Å²) >= 11 is 0. The van der Waals surface area contributed by atoms with Crippen molar-refractivity contribution >= 4 is 5.97 Å². The van der Waals surface area contributed by atoms with E-state index in [9.17, 15) is 4.79 Å². The van der Waals surface area contributed by atoms with Crippen LogP contribution in [-0.2, 0) is 4.79 Å². The second kappa shape index (κ2) is 11.2. The quantitative estimate of drug-likeness (QED) is 0.260. The predicted molar refractivity (Wildman–Crippen MR) is 70.1 cm³/mol. The normalized spacial score (nSPS) is 12.2. The molecule has 0 saturated heterocycles. The van der Waals surface area contributed by atoms with Crippen molar-refractivity contribution in [2.75, 3.05) is 0 Å². The van der Waals surface area contributed by atoms with E-state index in [0.29, 0.717) is 0 Å². The second-order valence-corrected chi connectivity index (χ2v) is 4.22. The molecule has 0 aromatic heterocycles. The van der Waals surface area contributed by atoms with Crippen LogP contribution >= 0.6 is 0 Å². The Bertz CT molecular complexity index is 254. The lowest BCUT2D eigenvalue weighted by Gasteiger charge is -1.98. The van der Waals surface area contributed by atoms with Crippen LogP contribution < -0.4 is 0 Å². The van der Waals surface area contributed by atoms with Gasteiger partial charge in [-0.2, -0.15) is 0 Å². The molecule has 98 valence electrons. The third-order valence-corrected chi connectivity index (χ3v) is 2.53. The number of carboxylic acid groups (broad SMARTS) is 1. The first-order valence-corrected chi connectivity index (χ1v) is 6.47. The first-order valence-electron chi connectivity index (χ1n) is 6.47. The molecule has 0 unspecified atom stereocenters. The smallest absolute Gasteiger partial charge is 0.332 e. The molecule has 0 aliphatic carbocycles. The average Bonchev–Trinajstić information content (AvgIpc) is 2.26. The summed E-state index contributed by atoms with van der Waals surface area (Å²) in [6.45, 7) is 2.21. The van der Waals surface area contributed by atoms with Crippen LogP contribution in [0.25, 0.3) is 0 Å². The molecule has 0 bridgehead atoms. The lowest BCUT2D eigenvalue weighted by molar-refractivity contribution is -0.131. The Morgan fingerprint density at radius 3 is 2.18 bits per heavy atom. The number of hydrogen-bond donors (Lipinski definition) is 2. The molecule has 0 radical (unpaired) electrons. The maximum atomic E-state index is 10.2. The van der Waals surface area contributed by atoms with E-state index < -0.39 is 5.97 Å². The highest BCUT2D eigenvalue weighted by molar-refractivity contribution is 5.80. The van der Waals surface area contributed by atoms with Crippen LogP contribution in [0.15, 0.2) is 24.0 Å². The van der Waals surface area contributed by atoms with Gasteiger partial charge in [-0.05, 0) is 18.9 Å². The molecule has 0 aromatic rings. The van der Waals surface area contributed by atoms with Crippen LogP contribution in [0.3, 0.4) is 0 Å². The molecule has 0 spiro atoms. The van der Waals surface area contributed by atoms with Crippen molar-refractivity contribution < 1.29 is 15.0 Å². The zero-order chi connectivity index (χ0) is 12.9. The molecule has 0 aliphatic rings. The summed E-state index contributed by atoms with van der Waals surface area (Å²) in [5.41, 5.74) is 0. The largest absolute Gasteiger partial charge is 0.508 e. The number of aliphatic hydroxyl groups is 1. The molecule has 0 amide bonds. The summed E-state index contributed by atoms with van der Waals surface area (Å²) in [4.78, 5) is 10.2. The zero-order valence-corrected chi connectivity index (χ0v) is 10.7. The van der Waals surface area contributed by atoms with Crippen molar-refractivity contribution in [1.29, 1.82) is 0 Å². The zero-order valence-electron chi connectivity index (χ0n) is 10.7. The van der Waals surface area contributed by atoms with Crippen LogP contribution in [0.5, 0.6) is 0 Å². The monoisotopic (exact) mass is 240 g/mol. The molecule has 0 saturated carbocycles. The van der Waals surface area contributed by atoms with Gasteiger partial charge in [0.15, 0.2) is 0 Å². The van der Waals surface area contributed by atoms with E-state index in [1.54, 1.807) is 0 Å². The number of rotatable bonds is 10. The number of hydrogen-bond acceptors (Lipinski definition) is 2. The van der Waals surface area contributed by atoms with Crippen molar-refractivity contribution in [1.82, 2.24) is 0 Å². The number of carboxylic acids is 1. The molecule has 0 heterocycles. The van der Waals surface area contributed by atoms with Crippen LogP contribution in [0, 0.1) is 0 Å². The first-order chi connectivity index (χ1) is 8.16. The summed E-state index contributed by atoms with van der Waals surface area (Å²) in [5, 5.41) is 17.5. The van der Waals surface area contributed by atoms with Crippen molar-refractivity contribution in [3.8, 4) is 0 Å². The molecule has 0 aliphatic heterocycles. The van der Waals surface area contributed by atoms with Gasteiger partial charge in [0.1, 0.15) is 5.76 Å². The van der Waals surface area contributed by atoms with Gasteiger partial charge in [-0.15, -0.1) is 0 Å². The van der Waals surface area contributed by atoms with Gasteiger partial charge >= 0.3 is 5.97 Å². The Morgan fingerprint density at radius 1 is 1.00 bits per heavy atom. The fourth-order valence-corrected chi connectivity index (χ4v) is 1.60. The summed E-state index contributed by atoms with van der Waals surface area (Å²) in [6.07, 6.45) is 13.8. The van der Waals surface area contributed by atoms with Crippen molar-refractivity contribution in [3.05, 3.63) is 24.0 Å². The van der Waals surface area contributed by atoms with Crippen molar-refractivity contribution in [3.63, 3.8) is 0 Å². The van der Waals surface area contributed by atoms with Crippen molar-refractivity contribution in [2.24, 2.45) is 0 Å². The van der Waals surface area contributed by atoms with Gasteiger partial charge in [0.05, 0.1) is 6.08 Å². The van der Waals surface area contributed by atoms with Crippen LogP contribution in [-0.4, -0.2) is 16.2 Å². The van der Waals surface area contributed by atoms with E-state index in [4.69, 9.17) is 10.2 Å². The molecule has 0 atom stereocenters. The Labute approximate surface area is 104 Å². The minimum Gasteiger partial charge on any atom is -0.508 e. The number of aliphatic hydroxyl groups excluding tert-OH is 1. The van der Waals surface area contributed by atoms with E-state index in [0.717, 1.165) is 18.9 Å². The maximum Gasteiger partial charge on any atom is 0.332 e. The first kappa shape index (κ1) is 15.8. The fraction of sp³-hybridized carbons (Fsp3) is 0.643. The third kappa shape index (κ3) is 12.7. The molecule has 0 aromatic carbocycles. The lowest BCUT2D eigenvalue weighted by Crippen LogP contribution is -1.89. The molecule has 0 rings (SSSR count). The molecule has 2 N–H and O–H groups in total. The van der Waals surface area contributed by atoms with Gasteiger partial charge in [0, 0.05) is 0 Å². The molecular formula is C14H24O3. The SMILES string of the molecule is CCCCCCCCC/C=C/C(O)=C/C(=O)O. The summed E-state index contributed by atoms with van der Waals surface area (Å²) in [5.74, 6) is -1.32. The Morgan fingerprint density at radius 2 is 1.59 bits per heavy atom. The van der Waals surface area contributed by atoms with Crippen LogP contribution in [0.4, 0.5) is 0 Å². The molecule has 0 fully saturated rings. The maximum absolute atomic E-state index is 10.2. The van der Waals surface area contributed by atoms with Gasteiger partial charge in [-0.1, -0.05) is 51.5 Å². The molecule has 3 nitrogen and oxygen atoms in total. The van der Waals surface area contributed by atoms with Gasteiger partial charge in [0.2, 0.25) is 0 Å². The summed E-state index contributed by atoms with van der Waals surface area (Å²) in [6, 6.07) is 0. The van der Waals surface area contributed by atoms with Gasteiger partial charge < -0.3 is 10.2 Å². The number of carbonyl (C=O) groups is 1. The number of aliphatic carboxylic acids is 1. The Hall–Kier alpha value is -1.25. The standard InChI is InChI=1S/C14H24O3/c1-2-3-4-5-6-7-8-9-10-11-13(15)12-14(16)17/h10-12,15H,2-9H2,1H3,(H,16,17)/b11-10+,13-12-.